The van der Waals surface area contributed by atoms with Gasteiger partial charge in [-0.15, -0.1) is 0 Å². The van der Waals surface area contributed by atoms with Crippen LogP contribution in [-0.4, -0.2) is 17.0 Å². The van der Waals surface area contributed by atoms with Gasteiger partial charge >= 0.3 is 0 Å². The number of anilines is 1. The molecule has 1 aromatic heterocycles. The van der Waals surface area contributed by atoms with E-state index in [0.29, 0.717) is 5.41 Å². The van der Waals surface area contributed by atoms with Gasteiger partial charge in [-0.25, -0.2) is 9.97 Å². The van der Waals surface area contributed by atoms with Crippen LogP contribution in [0.4, 0.5) is 5.82 Å². The fourth-order valence-electron chi connectivity index (χ4n) is 5.35. The fraction of sp³-hybridized carbons (Fsp3) is 0.750. The molecule has 4 bridgehead atoms. The first-order chi connectivity index (χ1) is 9.59. The topological polar surface area (TPSA) is 37.8 Å². The SMILES string of the molecule is CNc1nc(C23CC4CC(CC(C4)C2)C3)nc(C)c1I. The van der Waals surface area contributed by atoms with E-state index in [0.717, 1.165) is 35.1 Å². The minimum atomic E-state index is 0.301. The zero-order valence-corrected chi connectivity index (χ0v) is 14.4. The van der Waals surface area contributed by atoms with E-state index in [2.05, 4.69) is 34.8 Å². The number of aryl methyl sites for hydroxylation is 1. The molecular weight excluding hydrogens is 361 g/mol. The molecule has 0 spiro atoms. The number of rotatable bonds is 2. The number of nitrogens with one attached hydrogen (secondary N) is 1. The van der Waals surface area contributed by atoms with E-state index in [9.17, 15) is 0 Å². The van der Waals surface area contributed by atoms with Crippen molar-refractivity contribution in [2.24, 2.45) is 17.8 Å². The number of hydrogen-bond donors (Lipinski definition) is 1. The third-order valence-electron chi connectivity index (χ3n) is 5.77. The second-order valence-electron chi connectivity index (χ2n) is 7.24. The van der Waals surface area contributed by atoms with E-state index in [1.807, 2.05) is 7.05 Å². The van der Waals surface area contributed by atoms with Crippen molar-refractivity contribution < 1.29 is 0 Å². The van der Waals surface area contributed by atoms with Crippen molar-refractivity contribution in [1.29, 1.82) is 0 Å². The van der Waals surface area contributed by atoms with E-state index >= 15 is 0 Å². The normalized spacial score (nSPS) is 38.2. The van der Waals surface area contributed by atoms with Gasteiger partial charge in [0, 0.05) is 12.5 Å². The lowest BCUT2D eigenvalue weighted by molar-refractivity contribution is -0.00942. The molecule has 4 aliphatic rings. The highest BCUT2D eigenvalue weighted by Crippen LogP contribution is 2.60. The Morgan fingerprint density at radius 1 is 1.05 bits per heavy atom. The first-order valence-corrected chi connectivity index (χ1v) is 8.90. The molecule has 1 N–H and O–H groups in total. The number of halogens is 1. The Morgan fingerprint density at radius 2 is 1.60 bits per heavy atom. The van der Waals surface area contributed by atoms with Crippen molar-refractivity contribution in [1.82, 2.24) is 9.97 Å². The van der Waals surface area contributed by atoms with Gasteiger partial charge in [0.25, 0.3) is 0 Å². The molecule has 0 atom stereocenters. The summed E-state index contributed by atoms with van der Waals surface area (Å²) in [6, 6.07) is 0. The van der Waals surface area contributed by atoms with Crippen molar-refractivity contribution in [3.63, 3.8) is 0 Å². The van der Waals surface area contributed by atoms with Gasteiger partial charge in [-0.05, 0) is 85.8 Å². The summed E-state index contributed by atoms with van der Waals surface area (Å²) in [6.07, 6.45) is 8.43. The number of hydrogen-bond acceptors (Lipinski definition) is 3. The van der Waals surface area contributed by atoms with Gasteiger partial charge in [0.05, 0.1) is 9.26 Å². The van der Waals surface area contributed by atoms with Crippen LogP contribution in [0.15, 0.2) is 0 Å². The Hall–Kier alpha value is -0.390. The Balaban J connectivity index is 1.79. The molecule has 4 heteroatoms. The molecule has 3 nitrogen and oxygen atoms in total. The predicted molar refractivity (Wildman–Crippen MR) is 88.9 cm³/mol. The van der Waals surface area contributed by atoms with E-state index in [-0.39, 0.29) is 0 Å². The molecule has 0 aliphatic heterocycles. The van der Waals surface area contributed by atoms with Gasteiger partial charge in [0.15, 0.2) is 0 Å². The highest BCUT2D eigenvalue weighted by atomic mass is 127. The standard InChI is InChI=1S/C16H22IN3/c1-9-13(17)14(18-2)20-15(19-9)16-6-10-3-11(7-16)5-12(4-10)8-16/h10-12H,3-8H2,1-2H3,(H,18,19,20). The third kappa shape index (κ3) is 1.90. The second-order valence-corrected chi connectivity index (χ2v) is 8.32. The lowest BCUT2D eigenvalue weighted by atomic mass is 9.49. The van der Waals surface area contributed by atoms with Gasteiger partial charge in [-0.2, -0.15) is 0 Å². The minimum absolute atomic E-state index is 0.301. The van der Waals surface area contributed by atoms with Crippen LogP contribution in [0.3, 0.4) is 0 Å². The van der Waals surface area contributed by atoms with Gasteiger partial charge in [0.2, 0.25) is 0 Å². The molecule has 5 rings (SSSR count). The van der Waals surface area contributed by atoms with Gasteiger partial charge in [-0.3, -0.25) is 0 Å². The van der Waals surface area contributed by atoms with Gasteiger partial charge in [0.1, 0.15) is 11.6 Å². The van der Waals surface area contributed by atoms with Crippen LogP contribution in [0.2, 0.25) is 0 Å². The van der Waals surface area contributed by atoms with Gasteiger partial charge in [-0.1, -0.05) is 0 Å². The molecule has 0 radical (unpaired) electrons. The van der Waals surface area contributed by atoms with Crippen LogP contribution in [0.25, 0.3) is 0 Å². The molecule has 0 unspecified atom stereocenters. The third-order valence-corrected chi connectivity index (χ3v) is 7.06. The Bertz CT molecular complexity index is 520. The van der Waals surface area contributed by atoms with Crippen LogP contribution in [0.1, 0.15) is 50.0 Å². The van der Waals surface area contributed by atoms with Crippen molar-refractivity contribution >= 4 is 28.4 Å². The van der Waals surface area contributed by atoms with Gasteiger partial charge < -0.3 is 5.32 Å². The van der Waals surface area contributed by atoms with Crippen molar-refractivity contribution in [2.75, 3.05) is 12.4 Å². The summed E-state index contributed by atoms with van der Waals surface area (Å²) < 4.78 is 1.17. The first kappa shape index (κ1) is 13.3. The summed E-state index contributed by atoms with van der Waals surface area (Å²) in [5.41, 5.74) is 1.44. The quantitative estimate of drug-likeness (QED) is 0.788. The van der Waals surface area contributed by atoms with Crippen LogP contribution in [0.5, 0.6) is 0 Å². The van der Waals surface area contributed by atoms with Crippen LogP contribution >= 0.6 is 22.6 Å². The first-order valence-electron chi connectivity index (χ1n) is 7.82. The van der Waals surface area contributed by atoms with E-state index in [1.54, 1.807) is 0 Å². The molecule has 0 saturated heterocycles. The van der Waals surface area contributed by atoms with Crippen molar-refractivity contribution in [3.05, 3.63) is 15.1 Å². The van der Waals surface area contributed by atoms with Crippen LogP contribution in [0, 0.1) is 28.2 Å². The molecule has 4 aliphatic carbocycles. The molecule has 1 aromatic rings. The largest absolute Gasteiger partial charge is 0.372 e. The maximum Gasteiger partial charge on any atom is 0.143 e. The Kier molecular flexibility index (Phi) is 3.02. The highest BCUT2D eigenvalue weighted by Gasteiger charge is 2.53. The molecule has 0 amide bonds. The summed E-state index contributed by atoms with van der Waals surface area (Å²) in [4.78, 5) is 9.82. The summed E-state index contributed by atoms with van der Waals surface area (Å²) in [6.45, 7) is 2.12. The Labute approximate surface area is 134 Å². The van der Waals surface area contributed by atoms with Crippen LogP contribution in [-0.2, 0) is 5.41 Å². The minimum Gasteiger partial charge on any atom is -0.372 e. The number of aromatic nitrogens is 2. The summed E-state index contributed by atoms with van der Waals surface area (Å²) in [5.74, 6) is 5.00. The highest BCUT2D eigenvalue weighted by molar-refractivity contribution is 14.1. The molecular formula is C16H22IN3. The lowest BCUT2D eigenvalue weighted by Gasteiger charge is -2.56. The summed E-state index contributed by atoms with van der Waals surface area (Å²) in [5, 5.41) is 3.25. The van der Waals surface area contributed by atoms with Crippen molar-refractivity contribution in [3.8, 4) is 0 Å². The molecule has 4 saturated carbocycles. The summed E-state index contributed by atoms with van der Waals surface area (Å²) in [7, 11) is 1.97. The molecule has 1 heterocycles. The van der Waals surface area contributed by atoms with E-state index in [4.69, 9.17) is 9.97 Å². The lowest BCUT2D eigenvalue weighted by Crippen LogP contribution is -2.49. The second kappa shape index (κ2) is 4.55. The molecule has 108 valence electrons. The Morgan fingerprint density at radius 3 is 2.10 bits per heavy atom. The number of nitrogens with zero attached hydrogens (tertiary/aromatic N) is 2. The zero-order chi connectivity index (χ0) is 13.9. The van der Waals surface area contributed by atoms with Crippen molar-refractivity contribution in [2.45, 2.75) is 50.9 Å². The zero-order valence-electron chi connectivity index (χ0n) is 12.2. The average molecular weight is 383 g/mol. The van der Waals surface area contributed by atoms with E-state index in [1.165, 1.54) is 42.1 Å². The molecule has 20 heavy (non-hydrogen) atoms. The summed E-state index contributed by atoms with van der Waals surface area (Å²) >= 11 is 2.35. The fourth-order valence-corrected chi connectivity index (χ4v) is 5.86. The van der Waals surface area contributed by atoms with E-state index < -0.39 is 0 Å². The molecule has 0 aromatic carbocycles. The maximum absolute atomic E-state index is 4.91. The monoisotopic (exact) mass is 383 g/mol. The average Bonchev–Trinajstić information content (AvgIpc) is 2.40. The smallest absolute Gasteiger partial charge is 0.143 e. The predicted octanol–water partition coefficient (Wildman–Crippen LogP) is 3.90. The van der Waals surface area contributed by atoms with Crippen LogP contribution < -0.4 is 5.32 Å². The molecule has 4 fully saturated rings. The maximum atomic E-state index is 4.91.